The average Bonchev–Trinajstić information content (AvgIpc) is 2.65. The van der Waals surface area contributed by atoms with Gasteiger partial charge in [-0.2, -0.15) is 0 Å². The number of phenols is 1. The highest BCUT2D eigenvalue weighted by Crippen LogP contribution is 2.21. The van der Waals surface area contributed by atoms with Gasteiger partial charge in [-0.25, -0.2) is 0 Å². The van der Waals surface area contributed by atoms with Crippen LogP contribution in [-0.4, -0.2) is 36.2 Å². The van der Waals surface area contributed by atoms with Crippen LogP contribution in [0.3, 0.4) is 0 Å². The fourth-order valence-electron chi connectivity index (χ4n) is 3.64. The summed E-state index contributed by atoms with van der Waals surface area (Å²) >= 11 is 0. The number of hydrogen-bond acceptors (Lipinski definition) is 3. The van der Waals surface area contributed by atoms with Crippen LogP contribution in [0.25, 0.3) is 0 Å². The molecule has 134 valence electrons. The first-order valence-corrected chi connectivity index (χ1v) is 9.54. The van der Waals surface area contributed by atoms with Crippen LogP contribution in [0, 0.1) is 5.92 Å². The lowest BCUT2D eigenvalue weighted by Gasteiger charge is -2.32. The summed E-state index contributed by atoms with van der Waals surface area (Å²) < 4.78 is 0. The van der Waals surface area contributed by atoms with Crippen molar-refractivity contribution >= 4 is 0 Å². The first kappa shape index (κ1) is 18.0. The molecule has 0 bridgehead atoms. The molecule has 1 heterocycles. The fourth-order valence-corrected chi connectivity index (χ4v) is 3.64. The summed E-state index contributed by atoms with van der Waals surface area (Å²) in [7, 11) is 0. The summed E-state index contributed by atoms with van der Waals surface area (Å²) in [4.78, 5) is 2.61. The number of likely N-dealkylation sites (tertiary alicyclic amines) is 1. The van der Waals surface area contributed by atoms with E-state index in [9.17, 15) is 5.11 Å². The number of piperidine rings is 1. The number of nitrogens with zero attached hydrogens (tertiary/aromatic N) is 1. The van der Waals surface area contributed by atoms with Crippen LogP contribution in [0.5, 0.6) is 5.75 Å². The fraction of sp³-hybridized carbons (Fsp3) is 0.455. The molecule has 0 radical (unpaired) electrons. The van der Waals surface area contributed by atoms with E-state index in [2.05, 4.69) is 40.5 Å². The van der Waals surface area contributed by atoms with Gasteiger partial charge < -0.3 is 15.3 Å². The predicted molar refractivity (Wildman–Crippen MR) is 104 cm³/mol. The molecule has 3 heteroatoms. The minimum absolute atomic E-state index is 0.333. The molecule has 0 saturated carbocycles. The first-order chi connectivity index (χ1) is 12.3. The first-order valence-electron chi connectivity index (χ1n) is 9.54. The molecule has 0 aliphatic carbocycles. The molecule has 3 rings (SSSR count). The normalized spacial score (nSPS) is 16.2. The molecule has 25 heavy (non-hydrogen) atoms. The van der Waals surface area contributed by atoms with E-state index in [1.54, 1.807) is 12.1 Å². The van der Waals surface area contributed by atoms with Crippen LogP contribution < -0.4 is 5.32 Å². The maximum absolute atomic E-state index is 9.29. The molecular weight excluding hydrogens is 308 g/mol. The Hall–Kier alpha value is -1.84. The third-order valence-corrected chi connectivity index (χ3v) is 5.17. The van der Waals surface area contributed by atoms with Crippen LogP contribution in [0.15, 0.2) is 54.6 Å². The van der Waals surface area contributed by atoms with E-state index in [1.807, 2.05) is 12.1 Å². The van der Waals surface area contributed by atoms with Crippen LogP contribution in [0.4, 0.5) is 0 Å². The molecule has 3 nitrogen and oxygen atoms in total. The molecular formula is C22H30N2O. The number of hydrogen-bond donors (Lipinski definition) is 2. The summed E-state index contributed by atoms with van der Waals surface area (Å²) in [6.45, 7) is 5.61. The van der Waals surface area contributed by atoms with E-state index in [0.717, 1.165) is 19.0 Å². The number of phenolic OH excluding ortho intramolecular Hbond substituents is 1. The van der Waals surface area contributed by atoms with Crippen molar-refractivity contribution in [2.24, 2.45) is 5.92 Å². The van der Waals surface area contributed by atoms with Crippen molar-refractivity contribution in [2.45, 2.75) is 32.2 Å². The van der Waals surface area contributed by atoms with Crippen LogP contribution in [0.2, 0.25) is 0 Å². The predicted octanol–water partition coefficient (Wildman–Crippen LogP) is 3.83. The second kappa shape index (κ2) is 9.59. The van der Waals surface area contributed by atoms with Crippen molar-refractivity contribution in [3.8, 4) is 5.75 Å². The second-order valence-electron chi connectivity index (χ2n) is 7.17. The number of rotatable bonds is 8. The standard InChI is InChI=1S/C22H30N2O/c25-22-9-7-21(8-10-22)18-23-13-4-14-24-15-11-20(12-16-24)17-19-5-2-1-3-6-19/h1-3,5-10,20,23,25H,4,11-18H2. The molecule has 0 aromatic heterocycles. The third kappa shape index (κ3) is 6.18. The molecule has 2 aromatic carbocycles. The van der Waals surface area contributed by atoms with Crippen molar-refractivity contribution in [2.75, 3.05) is 26.2 Å². The Kier molecular flexibility index (Phi) is 6.89. The van der Waals surface area contributed by atoms with Crippen LogP contribution in [0.1, 0.15) is 30.4 Å². The molecule has 2 aromatic rings. The largest absolute Gasteiger partial charge is 0.508 e. The van der Waals surface area contributed by atoms with Gasteiger partial charge in [-0.1, -0.05) is 42.5 Å². The lowest BCUT2D eigenvalue weighted by atomic mass is 9.90. The molecule has 0 amide bonds. The van der Waals surface area contributed by atoms with Crippen molar-refractivity contribution < 1.29 is 5.11 Å². The molecule has 0 spiro atoms. The van der Waals surface area contributed by atoms with Gasteiger partial charge in [-0.3, -0.25) is 0 Å². The van der Waals surface area contributed by atoms with Crippen molar-refractivity contribution in [1.29, 1.82) is 0 Å². The third-order valence-electron chi connectivity index (χ3n) is 5.17. The highest BCUT2D eigenvalue weighted by Gasteiger charge is 2.18. The molecule has 2 N–H and O–H groups in total. The van der Waals surface area contributed by atoms with E-state index in [-0.39, 0.29) is 0 Å². The Bertz CT molecular complexity index is 604. The summed E-state index contributed by atoms with van der Waals surface area (Å²) in [6, 6.07) is 18.3. The zero-order valence-corrected chi connectivity index (χ0v) is 15.0. The van der Waals surface area contributed by atoms with E-state index < -0.39 is 0 Å². The topological polar surface area (TPSA) is 35.5 Å². The highest BCUT2D eigenvalue weighted by atomic mass is 16.3. The minimum atomic E-state index is 0.333. The summed E-state index contributed by atoms with van der Waals surface area (Å²) in [6.07, 6.45) is 5.09. The minimum Gasteiger partial charge on any atom is -0.508 e. The van der Waals surface area contributed by atoms with Crippen LogP contribution >= 0.6 is 0 Å². The molecule has 0 unspecified atom stereocenters. The van der Waals surface area contributed by atoms with Gasteiger partial charge in [0.15, 0.2) is 0 Å². The van der Waals surface area contributed by atoms with Gasteiger partial charge in [0.2, 0.25) is 0 Å². The van der Waals surface area contributed by atoms with Crippen molar-refractivity contribution in [1.82, 2.24) is 10.2 Å². The molecule has 1 aliphatic rings. The van der Waals surface area contributed by atoms with E-state index >= 15 is 0 Å². The summed E-state index contributed by atoms with van der Waals surface area (Å²) in [5.41, 5.74) is 2.71. The molecule has 1 fully saturated rings. The molecule has 1 saturated heterocycles. The summed E-state index contributed by atoms with van der Waals surface area (Å²) in [5, 5.41) is 12.8. The zero-order valence-electron chi connectivity index (χ0n) is 15.0. The molecule has 1 aliphatic heterocycles. The number of benzene rings is 2. The van der Waals surface area contributed by atoms with Gasteiger partial charge in [0.05, 0.1) is 0 Å². The monoisotopic (exact) mass is 338 g/mol. The van der Waals surface area contributed by atoms with E-state index in [1.165, 1.54) is 56.4 Å². The SMILES string of the molecule is Oc1ccc(CNCCCN2CCC(Cc3ccccc3)CC2)cc1. The lowest BCUT2D eigenvalue weighted by Crippen LogP contribution is -2.36. The second-order valence-corrected chi connectivity index (χ2v) is 7.17. The number of aromatic hydroxyl groups is 1. The van der Waals surface area contributed by atoms with Crippen molar-refractivity contribution in [3.63, 3.8) is 0 Å². The van der Waals surface area contributed by atoms with Gasteiger partial charge in [0.25, 0.3) is 0 Å². The Balaban J connectivity index is 1.26. The van der Waals surface area contributed by atoms with Crippen LogP contribution in [-0.2, 0) is 13.0 Å². The van der Waals surface area contributed by atoms with Gasteiger partial charge >= 0.3 is 0 Å². The van der Waals surface area contributed by atoms with E-state index in [0.29, 0.717) is 5.75 Å². The highest BCUT2D eigenvalue weighted by molar-refractivity contribution is 5.25. The van der Waals surface area contributed by atoms with Gasteiger partial charge in [-0.15, -0.1) is 0 Å². The average molecular weight is 338 g/mol. The van der Waals surface area contributed by atoms with Crippen molar-refractivity contribution in [3.05, 3.63) is 65.7 Å². The van der Waals surface area contributed by atoms with Gasteiger partial charge in [0, 0.05) is 6.54 Å². The Labute approximate surface area is 151 Å². The Morgan fingerprint density at radius 1 is 0.920 bits per heavy atom. The Morgan fingerprint density at radius 2 is 1.64 bits per heavy atom. The Morgan fingerprint density at radius 3 is 2.36 bits per heavy atom. The molecule has 0 atom stereocenters. The van der Waals surface area contributed by atoms with Gasteiger partial charge in [0.1, 0.15) is 5.75 Å². The lowest BCUT2D eigenvalue weighted by molar-refractivity contribution is 0.182. The smallest absolute Gasteiger partial charge is 0.115 e. The van der Waals surface area contributed by atoms with Gasteiger partial charge in [-0.05, 0) is 81.0 Å². The summed E-state index contributed by atoms with van der Waals surface area (Å²) in [5.74, 6) is 1.19. The van der Waals surface area contributed by atoms with E-state index in [4.69, 9.17) is 0 Å². The quantitative estimate of drug-likeness (QED) is 0.718. The number of nitrogens with one attached hydrogen (secondary N) is 1. The maximum atomic E-state index is 9.29. The maximum Gasteiger partial charge on any atom is 0.115 e. The zero-order chi connectivity index (χ0) is 17.3.